The molecule has 0 aliphatic carbocycles. The van der Waals surface area contributed by atoms with Crippen molar-refractivity contribution in [2.75, 3.05) is 13.2 Å². The molecule has 0 N–H and O–H groups in total. The van der Waals surface area contributed by atoms with Crippen LogP contribution < -0.4 is 9.47 Å². The summed E-state index contributed by atoms with van der Waals surface area (Å²) in [6.45, 7) is 7.58. The lowest BCUT2D eigenvalue weighted by atomic mass is 9.99. The Labute approximate surface area is 169 Å². The van der Waals surface area contributed by atoms with Crippen LogP contribution in [0.3, 0.4) is 0 Å². The molecule has 0 radical (unpaired) electrons. The fraction of sp³-hybridized carbons (Fsp3) is 0.167. The molecule has 0 fully saturated rings. The van der Waals surface area contributed by atoms with Crippen molar-refractivity contribution in [1.29, 1.82) is 0 Å². The Morgan fingerprint density at radius 1 is 1.03 bits per heavy atom. The number of aryl methyl sites for hydroxylation is 1. The Kier molecular flexibility index (Phi) is 6.63. The van der Waals surface area contributed by atoms with Crippen molar-refractivity contribution in [1.82, 2.24) is 0 Å². The van der Waals surface area contributed by atoms with Gasteiger partial charge in [0.05, 0.1) is 6.61 Å². The summed E-state index contributed by atoms with van der Waals surface area (Å²) in [6.07, 6.45) is 5.92. The van der Waals surface area contributed by atoms with Gasteiger partial charge >= 0.3 is 11.9 Å². The summed E-state index contributed by atoms with van der Waals surface area (Å²) in [6, 6.07) is 13.4. The smallest absolute Gasteiger partial charge is 0.335 e. The van der Waals surface area contributed by atoms with Gasteiger partial charge in [0, 0.05) is 17.7 Å². The Hall–Kier alpha value is -3.60. The molecule has 0 saturated heterocycles. The Bertz CT molecular complexity index is 954. The fourth-order valence-electron chi connectivity index (χ4n) is 2.93. The van der Waals surface area contributed by atoms with E-state index in [0.717, 1.165) is 53.0 Å². The zero-order valence-electron chi connectivity index (χ0n) is 16.1. The Morgan fingerprint density at radius 3 is 2.52 bits per heavy atom. The van der Waals surface area contributed by atoms with Crippen LogP contribution in [0.25, 0.3) is 11.6 Å². The van der Waals surface area contributed by atoms with E-state index in [-0.39, 0.29) is 0 Å². The van der Waals surface area contributed by atoms with Crippen molar-refractivity contribution in [2.45, 2.75) is 12.8 Å². The highest BCUT2D eigenvalue weighted by Gasteiger charge is 2.14. The molecule has 0 spiro atoms. The summed E-state index contributed by atoms with van der Waals surface area (Å²) < 4.78 is 16.0. The van der Waals surface area contributed by atoms with Crippen LogP contribution in [-0.4, -0.2) is 25.2 Å². The monoisotopic (exact) mass is 390 g/mol. The summed E-state index contributed by atoms with van der Waals surface area (Å²) in [5, 5.41) is 0. The molecular formula is C24H22O5. The fourth-order valence-corrected chi connectivity index (χ4v) is 2.93. The van der Waals surface area contributed by atoms with Gasteiger partial charge < -0.3 is 14.2 Å². The maximum atomic E-state index is 11.3. The number of fused-ring (bicyclic) bond motifs is 1. The van der Waals surface area contributed by atoms with Crippen LogP contribution in [0, 0.1) is 0 Å². The van der Waals surface area contributed by atoms with E-state index in [1.54, 1.807) is 12.1 Å². The minimum absolute atomic E-state index is 0.366. The second-order valence-electron chi connectivity index (χ2n) is 6.46. The van der Waals surface area contributed by atoms with Crippen LogP contribution in [-0.2, 0) is 20.7 Å². The number of carbonyl (C=O) groups excluding carboxylic acids is 2. The standard InChI is InChI=1S/C24H22O5/c1-3-23(25)27-13-5-6-17-7-8-19-15-20(16-28-22(19)14-17)18-9-11-21(12-10-18)29-24(26)4-2/h3-4,7-12,14-15H,1-2,5-6,13,16H2. The molecule has 2 aromatic rings. The topological polar surface area (TPSA) is 61.8 Å². The molecule has 5 nitrogen and oxygen atoms in total. The number of benzene rings is 2. The molecule has 0 aromatic heterocycles. The molecule has 148 valence electrons. The number of hydrogen-bond donors (Lipinski definition) is 0. The number of rotatable bonds is 8. The van der Waals surface area contributed by atoms with E-state index in [4.69, 9.17) is 14.2 Å². The van der Waals surface area contributed by atoms with Gasteiger partial charge in [-0.2, -0.15) is 0 Å². The lowest BCUT2D eigenvalue weighted by molar-refractivity contribution is -0.137. The van der Waals surface area contributed by atoms with E-state index in [0.29, 0.717) is 19.0 Å². The van der Waals surface area contributed by atoms with E-state index in [1.165, 1.54) is 0 Å². The third-order valence-corrected chi connectivity index (χ3v) is 4.42. The van der Waals surface area contributed by atoms with Crippen molar-refractivity contribution >= 4 is 23.6 Å². The van der Waals surface area contributed by atoms with E-state index < -0.39 is 11.9 Å². The van der Waals surface area contributed by atoms with Gasteiger partial charge in [0.2, 0.25) is 0 Å². The summed E-state index contributed by atoms with van der Waals surface area (Å²) in [4.78, 5) is 22.3. The second kappa shape index (κ2) is 9.55. The maximum Gasteiger partial charge on any atom is 0.335 e. The highest BCUT2D eigenvalue weighted by molar-refractivity contribution is 5.86. The molecule has 29 heavy (non-hydrogen) atoms. The first-order chi connectivity index (χ1) is 14.1. The van der Waals surface area contributed by atoms with Gasteiger partial charge in [-0.05, 0) is 53.8 Å². The second-order valence-corrected chi connectivity index (χ2v) is 6.46. The van der Waals surface area contributed by atoms with Crippen LogP contribution in [0.1, 0.15) is 23.1 Å². The van der Waals surface area contributed by atoms with Crippen molar-refractivity contribution in [2.24, 2.45) is 0 Å². The van der Waals surface area contributed by atoms with Crippen LogP contribution in [0.2, 0.25) is 0 Å². The van der Waals surface area contributed by atoms with Gasteiger partial charge in [-0.3, -0.25) is 0 Å². The van der Waals surface area contributed by atoms with E-state index in [2.05, 4.69) is 25.3 Å². The number of hydrogen-bond acceptors (Lipinski definition) is 5. The van der Waals surface area contributed by atoms with Crippen molar-refractivity contribution in [3.05, 3.63) is 84.5 Å². The number of ether oxygens (including phenoxy) is 3. The minimum atomic E-state index is -0.485. The van der Waals surface area contributed by atoms with Crippen molar-refractivity contribution in [3.8, 4) is 11.5 Å². The molecule has 0 saturated carbocycles. The third-order valence-electron chi connectivity index (χ3n) is 4.42. The largest absolute Gasteiger partial charge is 0.488 e. The summed E-state index contributed by atoms with van der Waals surface area (Å²) in [7, 11) is 0. The number of esters is 2. The van der Waals surface area contributed by atoms with E-state index in [9.17, 15) is 9.59 Å². The van der Waals surface area contributed by atoms with Crippen molar-refractivity contribution < 1.29 is 23.8 Å². The van der Waals surface area contributed by atoms with Crippen LogP contribution >= 0.6 is 0 Å². The minimum Gasteiger partial charge on any atom is -0.488 e. The molecule has 0 unspecified atom stereocenters. The van der Waals surface area contributed by atoms with Gasteiger partial charge in [-0.1, -0.05) is 37.4 Å². The molecule has 0 bridgehead atoms. The van der Waals surface area contributed by atoms with Crippen LogP contribution in [0.4, 0.5) is 0 Å². The van der Waals surface area contributed by atoms with Gasteiger partial charge in [0.1, 0.15) is 18.1 Å². The molecule has 5 heteroatoms. The lowest BCUT2D eigenvalue weighted by Crippen LogP contribution is -2.08. The van der Waals surface area contributed by atoms with Gasteiger partial charge in [0.25, 0.3) is 0 Å². The molecular weight excluding hydrogens is 368 g/mol. The highest BCUT2D eigenvalue weighted by Crippen LogP contribution is 2.32. The van der Waals surface area contributed by atoms with E-state index >= 15 is 0 Å². The molecule has 1 heterocycles. The quantitative estimate of drug-likeness (QED) is 0.290. The third kappa shape index (κ3) is 5.45. The Morgan fingerprint density at radius 2 is 1.79 bits per heavy atom. The summed E-state index contributed by atoms with van der Waals surface area (Å²) in [5.41, 5.74) is 4.18. The van der Waals surface area contributed by atoms with Gasteiger partial charge in [-0.25, -0.2) is 9.59 Å². The van der Waals surface area contributed by atoms with Gasteiger partial charge in [-0.15, -0.1) is 0 Å². The molecule has 0 amide bonds. The Balaban J connectivity index is 1.64. The molecule has 1 aliphatic rings. The van der Waals surface area contributed by atoms with Gasteiger partial charge in [0.15, 0.2) is 0 Å². The summed E-state index contributed by atoms with van der Waals surface area (Å²) >= 11 is 0. The average molecular weight is 390 g/mol. The van der Waals surface area contributed by atoms with Crippen LogP contribution in [0.5, 0.6) is 11.5 Å². The van der Waals surface area contributed by atoms with Crippen molar-refractivity contribution in [3.63, 3.8) is 0 Å². The first-order valence-corrected chi connectivity index (χ1v) is 9.29. The SMILES string of the molecule is C=CC(=O)OCCCc1ccc2c(c1)OCC(c1ccc(OC(=O)C=C)cc1)=C2. The molecule has 3 rings (SSSR count). The lowest BCUT2D eigenvalue weighted by Gasteiger charge is -2.19. The van der Waals surface area contributed by atoms with E-state index in [1.807, 2.05) is 24.3 Å². The normalized spacial score (nSPS) is 12.1. The first-order valence-electron chi connectivity index (χ1n) is 9.29. The highest BCUT2D eigenvalue weighted by atomic mass is 16.5. The molecule has 2 aromatic carbocycles. The predicted octanol–water partition coefficient (Wildman–Crippen LogP) is 4.37. The first kappa shape index (κ1) is 20.1. The molecule has 1 aliphatic heterocycles. The predicted molar refractivity (Wildman–Crippen MR) is 112 cm³/mol. The van der Waals surface area contributed by atoms with Crippen LogP contribution in [0.15, 0.2) is 67.8 Å². The maximum absolute atomic E-state index is 11.3. The molecule has 0 atom stereocenters. The summed E-state index contributed by atoms with van der Waals surface area (Å²) in [5.74, 6) is 0.426. The number of carbonyl (C=O) groups is 2. The zero-order chi connectivity index (χ0) is 20.6. The zero-order valence-corrected chi connectivity index (χ0v) is 16.1. The average Bonchev–Trinajstić information content (AvgIpc) is 2.76.